The lowest BCUT2D eigenvalue weighted by molar-refractivity contribution is 0.567. The fourth-order valence-electron chi connectivity index (χ4n) is 1.93. The molecule has 2 aromatic rings. The van der Waals surface area contributed by atoms with Crippen molar-refractivity contribution in [1.29, 1.82) is 0 Å². The molecule has 20 heavy (non-hydrogen) atoms. The first-order chi connectivity index (χ1) is 9.40. The molecule has 0 aliphatic carbocycles. The number of nitrogens with one attached hydrogen (secondary N) is 1. The first-order valence-electron chi connectivity index (χ1n) is 6.33. The topological polar surface area (TPSA) is 72.2 Å². The summed E-state index contributed by atoms with van der Waals surface area (Å²) in [5.74, 6) is 0. The molecule has 0 aromatic heterocycles. The average Bonchev–Trinajstić information content (AvgIpc) is 2.42. The number of nitrogens with two attached hydrogens (primary N) is 1. The predicted molar refractivity (Wildman–Crippen MR) is 80.8 cm³/mol. The zero-order valence-corrected chi connectivity index (χ0v) is 12.3. The van der Waals surface area contributed by atoms with E-state index in [9.17, 15) is 8.42 Å². The molecular formula is C15H18N2O2S. The van der Waals surface area contributed by atoms with Crippen molar-refractivity contribution < 1.29 is 8.42 Å². The first kappa shape index (κ1) is 14.6. The van der Waals surface area contributed by atoms with Gasteiger partial charge in [-0.05, 0) is 43.2 Å². The standard InChI is InChI=1S/C15H18N2O2S/c1-11-10-14(8-9-15(11)16)20(18,19)17-12(2)13-6-4-3-5-7-13/h3-10,12,17H,16H2,1-2H3/t12-/m1/s1. The number of benzene rings is 2. The lowest BCUT2D eigenvalue weighted by Crippen LogP contribution is -2.27. The van der Waals surface area contributed by atoms with Gasteiger partial charge in [-0.2, -0.15) is 0 Å². The maximum Gasteiger partial charge on any atom is 0.241 e. The van der Waals surface area contributed by atoms with Gasteiger partial charge < -0.3 is 5.73 Å². The lowest BCUT2D eigenvalue weighted by atomic mass is 10.1. The third-order valence-corrected chi connectivity index (χ3v) is 4.72. The van der Waals surface area contributed by atoms with Gasteiger partial charge in [0.1, 0.15) is 0 Å². The van der Waals surface area contributed by atoms with Crippen molar-refractivity contribution in [3.05, 3.63) is 59.7 Å². The molecule has 0 saturated carbocycles. The Morgan fingerprint density at radius 3 is 2.35 bits per heavy atom. The molecule has 5 heteroatoms. The average molecular weight is 290 g/mol. The minimum atomic E-state index is -3.55. The predicted octanol–water partition coefficient (Wildman–Crippen LogP) is 2.62. The fourth-order valence-corrected chi connectivity index (χ4v) is 3.24. The minimum absolute atomic E-state index is 0.229. The Bertz CT molecular complexity index is 697. The van der Waals surface area contributed by atoms with Crippen LogP contribution >= 0.6 is 0 Å². The van der Waals surface area contributed by atoms with E-state index in [1.165, 1.54) is 6.07 Å². The molecular weight excluding hydrogens is 272 g/mol. The summed E-state index contributed by atoms with van der Waals surface area (Å²) >= 11 is 0. The number of nitrogen functional groups attached to an aromatic ring is 1. The van der Waals surface area contributed by atoms with Gasteiger partial charge in [-0.25, -0.2) is 13.1 Å². The second kappa shape index (κ2) is 5.64. The summed E-state index contributed by atoms with van der Waals surface area (Å²) in [6.45, 7) is 3.60. The van der Waals surface area contributed by atoms with Crippen molar-refractivity contribution in [1.82, 2.24) is 4.72 Å². The number of hydrogen-bond donors (Lipinski definition) is 2. The van der Waals surface area contributed by atoms with Crippen molar-refractivity contribution in [3.63, 3.8) is 0 Å². The van der Waals surface area contributed by atoms with Crippen LogP contribution in [0.5, 0.6) is 0 Å². The maximum absolute atomic E-state index is 12.3. The van der Waals surface area contributed by atoms with Gasteiger partial charge in [-0.3, -0.25) is 0 Å². The number of aryl methyl sites for hydroxylation is 1. The molecule has 3 N–H and O–H groups in total. The summed E-state index contributed by atoms with van der Waals surface area (Å²) < 4.78 is 27.3. The number of hydrogen-bond acceptors (Lipinski definition) is 3. The largest absolute Gasteiger partial charge is 0.399 e. The van der Waals surface area contributed by atoms with Crippen molar-refractivity contribution in [2.24, 2.45) is 0 Å². The van der Waals surface area contributed by atoms with Crippen LogP contribution in [0.2, 0.25) is 0 Å². The number of rotatable bonds is 4. The van der Waals surface area contributed by atoms with E-state index in [0.717, 1.165) is 11.1 Å². The maximum atomic E-state index is 12.3. The Balaban J connectivity index is 2.25. The molecule has 0 aliphatic heterocycles. The first-order valence-corrected chi connectivity index (χ1v) is 7.82. The molecule has 4 nitrogen and oxygen atoms in total. The van der Waals surface area contributed by atoms with Crippen molar-refractivity contribution in [2.75, 3.05) is 5.73 Å². The quantitative estimate of drug-likeness (QED) is 0.850. The highest BCUT2D eigenvalue weighted by molar-refractivity contribution is 7.89. The van der Waals surface area contributed by atoms with Crippen LogP contribution < -0.4 is 10.5 Å². The van der Waals surface area contributed by atoms with Gasteiger partial charge in [0, 0.05) is 11.7 Å². The molecule has 0 heterocycles. The van der Waals surface area contributed by atoms with Crippen molar-refractivity contribution in [2.45, 2.75) is 24.8 Å². The van der Waals surface area contributed by atoms with Gasteiger partial charge in [0.05, 0.1) is 4.90 Å². The third-order valence-electron chi connectivity index (χ3n) is 3.18. The third kappa shape index (κ3) is 3.18. The smallest absolute Gasteiger partial charge is 0.241 e. The van der Waals surface area contributed by atoms with Crippen LogP contribution in [-0.4, -0.2) is 8.42 Å². The van der Waals surface area contributed by atoms with Gasteiger partial charge in [-0.15, -0.1) is 0 Å². The highest BCUT2D eigenvalue weighted by atomic mass is 32.2. The van der Waals surface area contributed by atoms with Crippen LogP contribution in [0.25, 0.3) is 0 Å². The molecule has 0 unspecified atom stereocenters. The molecule has 0 radical (unpaired) electrons. The Kier molecular flexibility index (Phi) is 4.11. The van der Waals surface area contributed by atoms with Crippen molar-refractivity contribution in [3.8, 4) is 0 Å². The summed E-state index contributed by atoms with van der Waals surface area (Å²) in [4.78, 5) is 0.229. The molecule has 106 valence electrons. The Morgan fingerprint density at radius 2 is 1.75 bits per heavy atom. The summed E-state index contributed by atoms with van der Waals surface area (Å²) in [5.41, 5.74) is 7.96. The minimum Gasteiger partial charge on any atom is -0.399 e. The van der Waals surface area contributed by atoms with Gasteiger partial charge in [-0.1, -0.05) is 30.3 Å². The molecule has 0 amide bonds. The monoisotopic (exact) mass is 290 g/mol. The molecule has 0 spiro atoms. The van der Waals surface area contributed by atoms with Crippen LogP contribution in [0.3, 0.4) is 0 Å². The highest BCUT2D eigenvalue weighted by Crippen LogP contribution is 2.20. The SMILES string of the molecule is Cc1cc(S(=O)(=O)N[C@H](C)c2ccccc2)ccc1N. The normalized spacial score (nSPS) is 13.1. The molecule has 0 fully saturated rings. The van der Waals surface area contributed by atoms with Crippen LogP contribution in [0.1, 0.15) is 24.1 Å². The van der Waals surface area contributed by atoms with E-state index in [2.05, 4.69) is 4.72 Å². The van der Waals surface area contributed by atoms with E-state index in [-0.39, 0.29) is 10.9 Å². The molecule has 1 atom stereocenters. The van der Waals surface area contributed by atoms with E-state index < -0.39 is 10.0 Å². The van der Waals surface area contributed by atoms with Crippen LogP contribution in [0.4, 0.5) is 5.69 Å². The Hall–Kier alpha value is -1.85. The lowest BCUT2D eigenvalue weighted by Gasteiger charge is -2.15. The summed E-state index contributed by atoms with van der Waals surface area (Å²) in [7, 11) is -3.55. The van der Waals surface area contributed by atoms with Gasteiger partial charge in [0.15, 0.2) is 0 Å². The fraction of sp³-hybridized carbons (Fsp3) is 0.200. The second-order valence-corrected chi connectivity index (χ2v) is 6.49. The number of anilines is 1. The summed E-state index contributed by atoms with van der Waals surface area (Å²) in [6, 6.07) is 13.9. The summed E-state index contributed by atoms with van der Waals surface area (Å²) in [6.07, 6.45) is 0. The zero-order valence-electron chi connectivity index (χ0n) is 11.5. The van der Waals surface area contributed by atoms with Gasteiger partial charge >= 0.3 is 0 Å². The van der Waals surface area contributed by atoms with E-state index in [0.29, 0.717) is 5.69 Å². The molecule has 0 bridgehead atoms. The van der Waals surface area contributed by atoms with E-state index in [1.54, 1.807) is 19.1 Å². The number of sulfonamides is 1. The van der Waals surface area contributed by atoms with E-state index in [1.807, 2.05) is 37.3 Å². The van der Waals surface area contributed by atoms with Crippen LogP contribution in [0.15, 0.2) is 53.4 Å². The summed E-state index contributed by atoms with van der Waals surface area (Å²) in [5, 5.41) is 0. The molecule has 2 aromatic carbocycles. The highest BCUT2D eigenvalue weighted by Gasteiger charge is 2.18. The zero-order chi connectivity index (χ0) is 14.8. The van der Waals surface area contributed by atoms with E-state index in [4.69, 9.17) is 5.73 Å². The molecule has 2 rings (SSSR count). The van der Waals surface area contributed by atoms with E-state index >= 15 is 0 Å². The Morgan fingerprint density at radius 1 is 1.10 bits per heavy atom. The van der Waals surface area contributed by atoms with Crippen LogP contribution in [0, 0.1) is 6.92 Å². The van der Waals surface area contributed by atoms with Crippen LogP contribution in [-0.2, 0) is 10.0 Å². The Labute approximate surface area is 119 Å². The van der Waals surface area contributed by atoms with Gasteiger partial charge in [0.2, 0.25) is 10.0 Å². The molecule has 0 aliphatic rings. The van der Waals surface area contributed by atoms with Gasteiger partial charge in [0.25, 0.3) is 0 Å². The van der Waals surface area contributed by atoms with Crippen molar-refractivity contribution >= 4 is 15.7 Å². The second-order valence-electron chi connectivity index (χ2n) is 4.77. The molecule has 0 saturated heterocycles.